The summed E-state index contributed by atoms with van der Waals surface area (Å²) in [5.74, 6) is 0. The Bertz CT molecular complexity index is 165. The Morgan fingerprint density at radius 2 is 1.60 bits per heavy atom. The van der Waals surface area contributed by atoms with E-state index in [4.69, 9.17) is 0 Å². The maximum absolute atomic E-state index is 3.00. The second kappa shape index (κ2) is 4.07. The highest BCUT2D eigenvalue weighted by molar-refractivity contribution is 5.11. The molecule has 0 unspecified atom stereocenters. The molecule has 0 spiro atoms. The van der Waals surface area contributed by atoms with Crippen LogP contribution in [0.15, 0.2) is 30.3 Å². The monoisotopic (exact) mass is 135 g/mol. The summed E-state index contributed by atoms with van der Waals surface area (Å²) < 4.78 is 0. The van der Waals surface area contributed by atoms with Gasteiger partial charge in [-0.25, -0.2) is 0 Å². The van der Waals surface area contributed by atoms with Gasteiger partial charge in [0.1, 0.15) is 0 Å². The van der Waals surface area contributed by atoms with E-state index < -0.39 is 0 Å². The number of benzene rings is 1. The minimum atomic E-state index is 1.25. The number of rotatable bonds is 0. The molecule has 0 aliphatic carbocycles. The molecule has 0 radical (unpaired) electrons. The molecule has 0 aromatic heterocycles. The molecular formula is C9H13N. The fourth-order valence-electron chi connectivity index (χ4n) is 0.534. The summed E-state index contributed by atoms with van der Waals surface area (Å²) in [5, 5.41) is 3.00. The Morgan fingerprint density at radius 1 is 1.10 bits per heavy atom. The van der Waals surface area contributed by atoms with E-state index in [0.717, 1.165) is 0 Å². The van der Waals surface area contributed by atoms with Crippen LogP contribution in [-0.2, 0) is 0 Å². The number of hydrogen-bond acceptors (Lipinski definition) is 1. The van der Waals surface area contributed by atoms with E-state index in [1.54, 1.807) is 0 Å². The molecular weight excluding hydrogens is 122 g/mol. The molecule has 1 aliphatic rings. The van der Waals surface area contributed by atoms with Crippen molar-refractivity contribution in [3.63, 3.8) is 0 Å². The van der Waals surface area contributed by atoms with Crippen molar-refractivity contribution < 1.29 is 0 Å². The third kappa shape index (κ3) is 4.10. The maximum atomic E-state index is 3.00. The van der Waals surface area contributed by atoms with E-state index in [2.05, 4.69) is 24.4 Å². The van der Waals surface area contributed by atoms with Crippen LogP contribution < -0.4 is 5.32 Å². The van der Waals surface area contributed by atoms with Gasteiger partial charge in [0.15, 0.2) is 0 Å². The van der Waals surface area contributed by atoms with E-state index >= 15 is 0 Å². The number of aryl methyl sites for hydroxylation is 1. The Labute approximate surface area is 62.1 Å². The van der Waals surface area contributed by atoms with Gasteiger partial charge in [0.2, 0.25) is 0 Å². The molecule has 1 saturated heterocycles. The largest absolute Gasteiger partial charge is 0.314 e. The molecule has 1 N–H and O–H groups in total. The molecule has 0 bridgehead atoms. The third-order valence-corrected chi connectivity index (χ3v) is 1.19. The van der Waals surface area contributed by atoms with Crippen molar-refractivity contribution in [2.24, 2.45) is 0 Å². The molecule has 0 saturated carbocycles. The van der Waals surface area contributed by atoms with Crippen molar-refractivity contribution in [2.45, 2.75) is 6.92 Å². The van der Waals surface area contributed by atoms with Crippen molar-refractivity contribution in [3.8, 4) is 0 Å². The lowest BCUT2D eigenvalue weighted by molar-refractivity contribution is 1.34. The van der Waals surface area contributed by atoms with E-state index in [9.17, 15) is 0 Å². The van der Waals surface area contributed by atoms with Crippen LogP contribution >= 0.6 is 0 Å². The van der Waals surface area contributed by atoms with Crippen molar-refractivity contribution in [1.82, 2.24) is 5.32 Å². The molecule has 0 atom stereocenters. The van der Waals surface area contributed by atoms with Gasteiger partial charge in [-0.3, -0.25) is 0 Å². The Balaban J connectivity index is 0.000000138. The van der Waals surface area contributed by atoms with Crippen LogP contribution in [0.5, 0.6) is 0 Å². The summed E-state index contributed by atoms with van der Waals surface area (Å²) in [6, 6.07) is 10.3. The van der Waals surface area contributed by atoms with E-state index in [0.29, 0.717) is 0 Å². The number of nitrogens with one attached hydrogen (secondary N) is 1. The summed E-state index contributed by atoms with van der Waals surface area (Å²) in [4.78, 5) is 0. The lowest BCUT2D eigenvalue weighted by Crippen LogP contribution is -1.62. The predicted octanol–water partition coefficient (Wildman–Crippen LogP) is 1.58. The normalized spacial score (nSPS) is 13.3. The molecule has 1 heteroatoms. The highest BCUT2D eigenvalue weighted by atomic mass is 15.0. The van der Waals surface area contributed by atoms with Gasteiger partial charge in [0, 0.05) is 13.1 Å². The summed E-state index contributed by atoms with van der Waals surface area (Å²) in [6.45, 7) is 4.58. The predicted molar refractivity (Wildman–Crippen MR) is 44.0 cm³/mol. The first-order valence-corrected chi connectivity index (χ1v) is 3.62. The van der Waals surface area contributed by atoms with E-state index in [1.807, 2.05) is 18.2 Å². The molecule has 2 rings (SSSR count). The summed E-state index contributed by atoms with van der Waals surface area (Å²) in [7, 11) is 0. The Hall–Kier alpha value is -0.820. The standard InChI is InChI=1S/C7H8.C2H5N/c1-7-5-3-2-4-6-7;1-2-3-1/h2-6H,1H3;3H,1-2H2. The van der Waals surface area contributed by atoms with Gasteiger partial charge in [-0.2, -0.15) is 0 Å². The van der Waals surface area contributed by atoms with Crippen molar-refractivity contribution in [2.75, 3.05) is 13.1 Å². The molecule has 1 aliphatic heterocycles. The second-order valence-electron chi connectivity index (χ2n) is 2.40. The van der Waals surface area contributed by atoms with Crippen LogP contribution in [0.3, 0.4) is 0 Å². The first kappa shape index (κ1) is 7.29. The molecule has 1 fully saturated rings. The molecule has 54 valence electrons. The van der Waals surface area contributed by atoms with Crippen LogP contribution in [0.2, 0.25) is 0 Å². The second-order valence-corrected chi connectivity index (χ2v) is 2.40. The van der Waals surface area contributed by atoms with Crippen LogP contribution in [0, 0.1) is 6.92 Å². The molecule has 10 heavy (non-hydrogen) atoms. The fourth-order valence-corrected chi connectivity index (χ4v) is 0.534. The smallest absolute Gasteiger partial charge is 0.00772 e. The van der Waals surface area contributed by atoms with Gasteiger partial charge in [-0.1, -0.05) is 35.9 Å². The Kier molecular flexibility index (Phi) is 2.97. The van der Waals surface area contributed by atoms with Crippen LogP contribution in [0.25, 0.3) is 0 Å². The minimum absolute atomic E-state index is 1.25. The minimum Gasteiger partial charge on any atom is -0.314 e. The van der Waals surface area contributed by atoms with Gasteiger partial charge in [-0.05, 0) is 6.92 Å². The number of hydrogen-bond donors (Lipinski definition) is 1. The summed E-state index contributed by atoms with van der Waals surface area (Å²) >= 11 is 0. The zero-order valence-corrected chi connectivity index (χ0v) is 6.30. The highest BCUT2D eigenvalue weighted by Crippen LogP contribution is 1.92. The molecule has 0 amide bonds. The zero-order valence-electron chi connectivity index (χ0n) is 6.30. The van der Waals surface area contributed by atoms with Crippen molar-refractivity contribution in [1.29, 1.82) is 0 Å². The zero-order chi connectivity index (χ0) is 7.23. The first-order valence-electron chi connectivity index (χ1n) is 3.62. The summed E-state index contributed by atoms with van der Waals surface area (Å²) in [5.41, 5.74) is 1.32. The Morgan fingerprint density at radius 3 is 1.80 bits per heavy atom. The third-order valence-electron chi connectivity index (χ3n) is 1.19. The SMILES string of the molecule is C1CN1.Cc1ccccc1. The van der Waals surface area contributed by atoms with Crippen LogP contribution in [0.1, 0.15) is 5.56 Å². The van der Waals surface area contributed by atoms with Gasteiger partial charge < -0.3 is 5.32 Å². The lowest BCUT2D eigenvalue weighted by atomic mass is 10.2. The topological polar surface area (TPSA) is 21.9 Å². The molecule has 1 heterocycles. The average molecular weight is 135 g/mol. The fraction of sp³-hybridized carbons (Fsp3) is 0.333. The summed E-state index contributed by atoms with van der Waals surface area (Å²) in [6.07, 6.45) is 0. The van der Waals surface area contributed by atoms with E-state index in [1.165, 1.54) is 18.7 Å². The van der Waals surface area contributed by atoms with Crippen molar-refractivity contribution >= 4 is 0 Å². The van der Waals surface area contributed by atoms with Gasteiger partial charge >= 0.3 is 0 Å². The average Bonchev–Trinajstić information content (AvgIpc) is 2.73. The van der Waals surface area contributed by atoms with Crippen LogP contribution in [-0.4, -0.2) is 13.1 Å². The van der Waals surface area contributed by atoms with Gasteiger partial charge in [0.25, 0.3) is 0 Å². The molecule has 1 aromatic carbocycles. The quantitative estimate of drug-likeness (QED) is 0.536. The van der Waals surface area contributed by atoms with E-state index in [-0.39, 0.29) is 0 Å². The lowest BCUT2D eigenvalue weighted by Gasteiger charge is -1.82. The van der Waals surface area contributed by atoms with Gasteiger partial charge in [-0.15, -0.1) is 0 Å². The van der Waals surface area contributed by atoms with Gasteiger partial charge in [0.05, 0.1) is 0 Å². The molecule has 1 nitrogen and oxygen atoms in total. The first-order chi connectivity index (χ1) is 4.89. The van der Waals surface area contributed by atoms with Crippen LogP contribution in [0.4, 0.5) is 0 Å². The maximum Gasteiger partial charge on any atom is 0.00772 e. The molecule has 1 aromatic rings. The highest BCUT2D eigenvalue weighted by Gasteiger charge is 1.91. The van der Waals surface area contributed by atoms with Crippen molar-refractivity contribution in [3.05, 3.63) is 35.9 Å².